The number of aryl methyl sites for hydroxylation is 1. The van der Waals surface area contributed by atoms with E-state index in [4.69, 9.17) is 16.3 Å². The van der Waals surface area contributed by atoms with Crippen LogP contribution in [0.15, 0.2) is 48.5 Å². The van der Waals surface area contributed by atoms with Gasteiger partial charge in [-0.1, -0.05) is 47.5 Å². The Morgan fingerprint density at radius 3 is 2.54 bits per heavy atom. The predicted molar refractivity (Wildman–Crippen MR) is 98.4 cm³/mol. The summed E-state index contributed by atoms with van der Waals surface area (Å²) in [7, 11) is 0. The quantitative estimate of drug-likeness (QED) is 0.753. The second-order valence-corrected chi connectivity index (χ2v) is 6.55. The van der Waals surface area contributed by atoms with Crippen molar-refractivity contribution in [1.82, 2.24) is 0 Å². The third-order valence-corrected chi connectivity index (χ3v) is 4.46. The van der Waals surface area contributed by atoms with Gasteiger partial charge in [-0.25, -0.2) is 0 Å². The Hall–Kier alpha value is -1.98. The average Bonchev–Trinajstić information content (AvgIpc) is 2.57. The summed E-state index contributed by atoms with van der Waals surface area (Å²) in [5, 5.41) is 3.35. The fourth-order valence-corrected chi connectivity index (χ4v) is 2.99. The second-order valence-electron chi connectivity index (χ2n) is 5.16. The maximum Gasteiger partial charge on any atom is 0.316 e. The Morgan fingerprint density at radius 2 is 1.83 bits per heavy atom. The zero-order valence-electron chi connectivity index (χ0n) is 13.3. The molecule has 0 aliphatic rings. The van der Waals surface area contributed by atoms with Gasteiger partial charge in [-0.3, -0.25) is 9.59 Å². The molecule has 0 bridgehead atoms. The molecule has 126 valence electrons. The first-order valence-electron chi connectivity index (χ1n) is 7.38. The molecule has 6 heteroatoms. The number of ether oxygens (including phenoxy) is 1. The van der Waals surface area contributed by atoms with E-state index >= 15 is 0 Å². The van der Waals surface area contributed by atoms with Crippen molar-refractivity contribution in [3.8, 4) is 0 Å². The molecule has 2 rings (SSSR count). The molecule has 0 fully saturated rings. The summed E-state index contributed by atoms with van der Waals surface area (Å²) in [4.78, 5) is 23.4. The van der Waals surface area contributed by atoms with E-state index in [0.717, 1.165) is 11.1 Å². The van der Waals surface area contributed by atoms with E-state index in [0.29, 0.717) is 16.5 Å². The summed E-state index contributed by atoms with van der Waals surface area (Å²) in [5.41, 5.74) is 2.75. The van der Waals surface area contributed by atoms with Gasteiger partial charge in [-0.15, -0.1) is 11.8 Å². The lowest BCUT2D eigenvalue weighted by molar-refractivity contribution is -0.144. The number of benzene rings is 2. The molecule has 0 saturated heterocycles. The van der Waals surface area contributed by atoms with E-state index in [-0.39, 0.29) is 18.3 Å². The smallest absolute Gasteiger partial charge is 0.316 e. The lowest BCUT2D eigenvalue weighted by atomic mass is 10.2. The summed E-state index contributed by atoms with van der Waals surface area (Å²) in [6.45, 7) is 1.67. The molecule has 0 aliphatic carbocycles. The van der Waals surface area contributed by atoms with Crippen LogP contribution < -0.4 is 5.32 Å². The standard InChI is InChI=1S/C18H18ClNO3S/c1-13-6-8-15(9-7-13)20-17(21)10-23-18(22)12-24-11-14-4-2-3-5-16(14)19/h2-9H,10-12H2,1H3,(H,20,21). The van der Waals surface area contributed by atoms with Gasteiger partial charge in [-0.05, 0) is 30.7 Å². The molecule has 0 atom stereocenters. The number of amides is 1. The molecule has 1 N–H and O–H groups in total. The van der Waals surface area contributed by atoms with Crippen molar-refractivity contribution in [2.24, 2.45) is 0 Å². The van der Waals surface area contributed by atoms with Crippen LogP contribution in [0.25, 0.3) is 0 Å². The molecule has 1 amide bonds. The molecule has 0 saturated carbocycles. The van der Waals surface area contributed by atoms with Crippen molar-refractivity contribution in [3.05, 3.63) is 64.7 Å². The van der Waals surface area contributed by atoms with Crippen molar-refractivity contribution in [3.63, 3.8) is 0 Å². The number of carbonyl (C=O) groups excluding carboxylic acids is 2. The van der Waals surface area contributed by atoms with Crippen LogP contribution in [0.4, 0.5) is 5.69 Å². The fraction of sp³-hybridized carbons (Fsp3) is 0.222. The van der Waals surface area contributed by atoms with Gasteiger partial charge in [0.1, 0.15) is 0 Å². The van der Waals surface area contributed by atoms with Gasteiger partial charge >= 0.3 is 5.97 Å². The summed E-state index contributed by atoms with van der Waals surface area (Å²) in [6, 6.07) is 14.9. The van der Waals surface area contributed by atoms with Gasteiger partial charge in [0, 0.05) is 16.5 Å². The fourth-order valence-electron chi connectivity index (χ4n) is 1.88. The SMILES string of the molecule is Cc1ccc(NC(=O)COC(=O)CSCc2ccccc2Cl)cc1. The van der Waals surface area contributed by atoms with Crippen molar-refractivity contribution >= 4 is 40.9 Å². The Balaban J connectivity index is 1.66. The largest absolute Gasteiger partial charge is 0.455 e. The molecule has 2 aromatic carbocycles. The molecule has 0 aromatic heterocycles. The molecule has 24 heavy (non-hydrogen) atoms. The third-order valence-electron chi connectivity index (χ3n) is 3.13. The topological polar surface area (TPSA) is 55.4 Å². The number of carbonyl (C=O) groups is 2. The summed E-state index contributed by atoms with van der Waals surface area (Å²) >= 11 is 7.44. The molecule has 0 radical (unpaired) electrons. The molecule has 0 unspecified atom stereocenters. The van der Waals surface area contributed by atoms with E-state index in [1.807, 2.05) is 43.3 Å². The van der Waals surface area contributed by atoms with E-state index in [2.05, 4.69) is 5.32 Å². The molecule has 0 aliphatic heterocycles. The first-order chi connectivity index (χ1) is 11.5. The van der Waals surface area contributed by atoms with Crippen LogP contribution in [0.1, 0.15) is 11.1 Å². The molecular formula is C18H18ClNO3S. The minimum absolute atomic E-state index is 0.170. The second kappa shape index (κ2) is 9.35. The number of rotatable bonds is 7. The van der Waals surface area contributed by atoms with Gasteiger partial charge in [0.15, 0.2) is 6.61 Å². The Labute approximate surface area is 150 Å². The van der Waals surface area contributed by atoms with Gasteiger partial charge in [0.05, 0.1) is 5.75 Å². The first-order valence-corrected chi connectivity index (χ1v) is 8.91. The zero-order chi connectivity index (χ0) is 17.4. The van der Waals surface area contributed by atoms with Crippen molar-refractivity contribution in [2.45, 2.75) is 12.7 Å². The van der Waals surface area contributed by atoms with Gasteiger partial charge in [-0.2, -0.15) is 0 Å². The van der Waals surface area contributed by atoms with E-state index in [9.17, 15) is 9.59 Å². The molecule has 0 heterocycles. The Morgan fingerprint density at radius 1 is 1.12 bits per heavy atom. The molecule has 2 aromatic rings. The number of thioether (sulfide) groups is 1. The number of halogens is 1. The van der Waals surface area contributed by atoms with Crippen LogP contribution >= 0.6 is 23.4 Å². The number of hydrogen-bond acceptors (Lipinski definition) is 4. The van der Waals surface area contributed by atoms with Gasteiger partial charge < -0.3 is 10.1 Å². The lowest BCUT2D eigenvalue weighted by Gasteiger charge is -2.07. The lowest BCUT2D eigenvalue weighted by Crippen LogP contribution is -2.21. The highest BCUT2D eigenvalue weighted by Gasteiger charge is 2.09. The number of esters is 1. The maximum atomic E-state index is 11.7. The average molecular weight is 364 g/mol. The van der Waals surface area contributed by atoms with Crippen LogP contribution in [0, 0.1) is 6.92 Å². The van der Waals surface area contributed by atoms with E-state index in [1.54, 1.807) is 12.1 Å². The number of nitrogens with one attached hydrogen (secondary N) is 1. The van der Waals surface area contributed by atoms with Crippen LogP contribution in [-0.2, 0) is 20.1 Å². The minimum Gasteiger partial charge on any atom is -0.455 e. The maximum absolute atomic E-state index is 11.7. The molecule has 4 nitrogen and oxygen atoms in total. The molecular weight excluding hydrogens is 346 g/mol. The Bertz CT molecular complexity index is 704. The highest BCUT2D eigenvalue weighted by molar-refractivity contribution is 7.99. The van der Waals surface area contributed by atoms with Gasteiger partial charge in [0.2, 0.25) is 0 Å². The summed E-state index contributed by atoms with van der Waals surface area (Å²) in [6.07, 6.45) is 0. The zero-order valence-corrected chi connectivity index (χ0v) is 14.8. The van der Waals surface area contributed by atoms with Crippen molar-refractivity contribution in [2.75, 3.05) is 17.7 Å². The Kier molecular flexibility index (Phi) is 7.15. The van der Waals surface area contributed by atoms with Crippen molar-refractivity contribution < 1.29 is 14.3 Å². The molecule has 0 spiro atoms. The first kappa shape index (κ1) is 18.4. The predicted octanol–water partition coefficient (Wildman–Crippen LogP) is 4.06. The van der Waals surface area contributed by atoms with Crippen LogP contribution in [0.5, 0.6) is 0 Å². The van der Waals surface area contributed by atoms with Crippen LogP contribution in [0.3, 0.4) is 0 Å². The number of anilines is 1. The van der Waals surface area contributed by atoms with E-state index in [1.165, 1.54) is 11.8 Å². The summed E-state index contributed by atoms with van der Waals surface area (Å²) < 4.78 is 4.96. The number of hydrogen-bond donors (Lipinski definition) is 1. The normalized spacial score (nSPS) is 10.2. The highest BCUT2D eigenvalue weighted by Crippen LogP contribution is 2.20. The van der Waals surface area contributed by atoms with Crippen LogP contribution in [-0.4, -0.2) is 24.2 Å². The highest BCUT2D eigenvalue weighted by atomic mass is 35.5. The third kappa shape index (κ3) is 6.26. The summed E-state index contributed by atoms with van der Waals surface area (Å²) in [5.74, 6) is 0.00214. The van der Waals surface area contributed by atoms with Crippen molar-refractivity contribution in [1.29, 1.82) is 0 Å². The van der Waals surface area contributed by atoms with Crippen LogP contribution in [0.2, 0.25) is 5.02 Å². The van der Waals surface area contributed by atoms with E-state index < -0.39 is 5.97 Å². The minimum atomic E-state index is -0.425. The van der Waals surface area contributed by atoms with Gasteiger partial charge in [0.25, 0.3) is 5.91 Å². The monoisotopic (exact) mass is 363 g/mol.